The van der Waals surface area contributed by atoms with Gasteiger partial charge in [0.2, 0.25) is 0 Å². The molecule has 2 aromatic heterocycles. The van der Waals surface area contributed by atoms with E-state index in [1.54, 1.807) is 6.92 Å². The molecule has 20 heavy (non-hydrogen) atoms. The van der Waals surface area contributed by atoms with E-state index in [4.69, 9.17) is 13.9 Å². The van der Waals surface area contributed by atoms with Crippen LogP contribution < -0.4 is 0 Å². The van der Waals surface area contributed by atoms with E-state index in [0.717, 1.165) is 31.0 Å². The van der Waals surface area contributed by atoms with Gasteiger partial charge in [-0.05, 0) is 24.4 Å². The Hall–Kier alpha value is -1.80. The van der Waals surface area contributed by atoms with Gasteiger partial charge in [0, 0.05) is 13.5 Å². The van der Waals surface area contributed by atoms with Crippen LogP contribution in [0.3, 0.4) is 0 Å². The van der Waals surface area contributed by atoms with Crippen molar-refractivity contribution in [1.82, 2.24) is 14.6 Å². The molecule has 0 aliphatic carbocycles. The summed E-state index contributed by atoms with van der Waals surface area (Å²) in [5.74, 6) is 0.0535. The van der Waals surface area contributed by atoms with Crippen molar-refractivity contribution >= 4 is 17.5 Å². The maximum atomic E-state index is 12.1. The van der Waals surface area contributed by atoms with E-state index in [-0.39, 0.29) is 12.7 Å². The molecule has 1 unspecified atom stereocenters. The minimum Gasteiger partial charge on any atom is -0.459 e. The van der Waals surface area contributed by atoms with Crippen LogP contribution in [0.1, 0.15) is 28.4 Å². The summed E-state index contributed by atoms with van der Waals surface area (Å²) >= 11 is 0.986. The van der Waals surface area contributed by atoms with Crippen LogP contribution in [0, 0.1) is 6.92 Å². The molecule has 0 aromatic carbocycles. The molecule has 3 rings (SSSR count). The van der Waals surface area contributed by atoms with E-state index < -0.39 is 5.97 Å². The van der Waals surface area contributed by atoms with Crippen molar-refractivity contribution in [3.05, 3.63) is 17.0 Å². The van der Waals surface area contributed by atoms with Crippen molar-refractivity contribution in [3.63, 3.8) is 0 Å². The number of carbonyl (C=O) groups excluding carboxylic acids is 1. The van der Waals surface area contributed by atoms with Gasteiger partial charge in [0.15, 0.2) is 10.8 Å². The number of carbonyl (C=O) groups is 1. The van der Waals surface area contributed by atoms with E-state index in [9.17, 15) is 4.79 Å². The van der Waals surface area contributed by atoms with Crippen molar-refractivity contribution in [2.45, 2.75) is 25.9 Å². The van der Waals surface area contributed by atoms with Crippen LogP contribution in [-0.2, 0) is 9.47 Å². The number of hydrogen-bond donors (Lipinski definition) is 0. The van der Waals surface area contributed by atoms with E-state index in [0.29, 0.717) is 22.2 Å². The monoisotopic (exact) mass is 295 g/mol. The Labute approximate surface area is 119 Å². The number of rotatable bonds is 4. The average molecular weight is 295 g/mol. The molecule has 1 saturated heterocycles. The van der Waals surface area contributed by atoms with Crippen molar-refractivity contribution in [1.29, 1.82) is 0 Å². The van der Waals surface area contributed by atoms with Crippen LogP contribution in [0.25, 0.3) is 11.4 Å². The number of hydrogen-bond acceptors (Lipinski definition) is 8. The lowest BCUT2D eigenvalue weighted by Gasteiger charge is -2.09. The molecule has 0 saturated carbocycles. The zero-order chi connectivity index (χ0) is 13.9. The third-order valence-electron chi connectivity index (χ3n) is 2.96. The molecule has 0 radical (unpaired) electrons. The molecule has 0 N–H and O–H groups in total. The molecular weight excluding hydrogens is 282 g/mol. The highest BCUT2D eigenvalue weighted by atomic mass is 32.1. The normalized spacial score (nSPS) is 18.4. The molecule has 1 atom stereocenters. The predicted octanol–water partition coefficient (Wildman–Crippen LogP) is 1.84. The fourth-order valence-electron chi connectivity index (χ4n) is 1.97. The summed E-state index contributed by atoms with van der Waals surface area (Å²) in [6.07, 6.45) is 3.37. The predicted molar refractivity (Wildman–Crippen MR) is 69.4 cm³/mol. The summed E-state index contributed by atoms with van der Waals surface area (Å²) < 4.78 is 19.6. The van der Waals surface area contributed by atoms with Crippen LogP contribution in [0.15, 0.2) is 10.7 Å². The summed E-state index contributed by atoms with van der Waals surface area (Å²) in [5, 5.41) is 3.91. The Morgan fingerprint density at radius 3 is 3.20 bits per heavy atom. The van der Waals surface area contributed by atoms with Crippen molar-refractivity contribution in [3.8, 4) is 11.4 Å². The molecule has 1 aliphatic rings. The Bertz CT molecular complexity index is 603. The highest BCUT2D eigenvalue weighted by molar-refractivity contribution is 7.08. The van der Waals surface area contributed by atoms with Crippen molar-refractivity contribution in [2.75, 3.05) is 13.2 Å². The summed E-state index contributed by atoms with van der Waals surface area (Å²) in [7, 11) is 0. The van der Waals surface area contributed by atoms with E-state index >= 15 is 0 Å². The van der Waals surface area contributed by atoms with Crippen LogP contribution in [-0.4, -0.2) is 39.9 Å². The fraction of sp³-hybridized carbons (Fsp3) is 0.500. The zero-order valence-electron chi connectivity index (χ0n) is 10.9. The lowest BCUT2D eigenvalue weighted by molar-refractivity contribution is 0.0166. The first-order valence-corrected chi connectivity index (χ1v) is 7.05. The van der Waals surface area contributed by atoms with Crippen LogP contribution in [0.5, 0.6) is 0 Å². The molecule has 2 aromatic rings. The van der Waals surface area contributed by atoms with Gasteiger partial charge < -0.3 is 13.9 Å². The molecule has 0 bridgehead atoms. The van der Waals surface area contributed by atoms with Gasteiger partial charge in [-0.3, -0.25) is 0 Å². The first kappa shape index (κ1) is 13.2. The minimum atomic E-state index is -0.453. The molecule has 0 amide bonds. The molecule has 1 aliphatic heterocycles. The van der Waals surface area contributed by atoms with Crippen molar-refractivity contribution in [2.24, 2.45) is 0 Å². The molecular formula is C12H13N3O4S. The van der Waals surface area contributed by atoms with Crippen molar-refractivity contribution < 1.29 is 18.7 Å². The summed E-state index contributed by atoms with van der Waals surface area (Å²) in [4.78, 5) is 16.5. The van der Waals surface area contributed by atoms with Crippen LogP contribution >= 0.6 is 11.5 Å². The number of nitrogens with zero attached hydrogens (tertiary/aromatic N) is 3. The van der Waals surface area contributed by atoms with Gasteiger partial charge in [0.1, 0.15) is 24.3 Å². The lowest BCUT2D eigenvalue weighted by atomic mass is 10.2. The quantitative estimate of drug-likeness (QED) is 0.795. The van der Waals surface area contributed by atoms with Crippen LogP contribution in [0.2, 0.25) is 0 Å². The van der Waals surface area contributed by atoms with Gasteiger partial charge >= 0.3 is 5.97 Å². The van der Waals surface area contributed by atoms with Gasteiger partial charge in [-0.1, -0.05) is 4.49 Å². The summed E-state index contributed by atoms with van der Waals surface area (Å²) in [6, 6.07) is 0. The SMILES string of the molecule is Cc1nc(-c2nnsc2C(=O)OCC2CCCO2)co1. The maximum absolute atomic E-state index is 12.1. The maximum Gasteiger partial charge on any atom is 0.352 e. The Morgan fingerprint density at radius 2 is 2.50 bits per heavy atom. The number of esters is 1. The highest BCUT2D eigenvalue weighted by Gasteiger charge is 2.23. The number of ether oxygens (including phenoxy) is 2. The second kappa shape index (κ2) is 5.68. The number of aromatic nitrogens is 3. The Morgan fingerprint density at radius 1 is 1.60 bits per heavy atom. The van der Waals surface area contributed by atoms with E-state index in [1.807, 2.05) is 0 Å². The fourth-order valence-corrected chi connectivity index (χ4v) is 2.54. The molecule has 0 spiro atoms. The zero-order valence-corrected chi connectivity index (χ0v) is 11.7. The molecule has 106 valence electrons. The lowest BCUT2D eigenvalue weighted by Crippen LogP contribution is -2.17. The average Bonchev–Trinajstić information content (AvgIpc) is 3.16. The Kier molecular flexibility index (Phi) is 3.75. The smallest absolute Gasteiger partial charge is 0.352 e. The third kappa shape index (κ3) is 2.70. The van der Waals surface area contributed by atoms with Gasteiger partial charge in [0.05, 0.1) is 6.10 Å². The second-order valence-corrected chi connectivity index (χ2v) is 5.19. The van der Waals surface area contributed by atoms with Gasteiger partial charge in [-0.15, -0.1) is 5.10 Å². The Balaban J connectivity index is 1.70. The van der Waals surface area contributed by atoms with Crippen LogP contribution in [0.4, 0.5) is 0 Å². The molecule has 7 nitrogen and oxygen atoms in total. The van der Waals surface area contributed by atoms with E-state index in [1.165, 1.54) is 6.26 Å². The number of oxazole rings is 1. The third-order valence-corrected chi connectivity index (χ3v) is 3.67. The highest BCUT2D eigenvalue weighted by Crippen LogP contribution is 2.24. The van der Waals surface area contributed by atoms with E-state index in [2.05, 4.69) is 14.6 Å². The minimum absolute atomic E-state index is 0.00225. The molecule has 8 heteroatoms. The van der Waals surface area contributed by atoms with Gasteiger partial charge in [0.25, 0.3) is 0 Å². The van der Waals surface area contributed by atoms with Gasteiger partial charge in [-0.25, -0.2) is 9.78 Å². The molecule has 3 heterocycles. The first-order valence-electron chi connectivity index (χ1n) is 6.27. The second-order valence-electron chi connectivity index (χ2n) is 4.44. The topological polar surface area (TPSA) is 87.3 Å². The largest absolute Gasteiger partial charge is 0.459 e. The summed E-state index contributed by atoms with van der Waals surface area (Å²) in [5.41, 5.74) is 0.879. The first-order chi connectivity index (χ1) is 9.74. The molecule has 1 fully saturated rings. The number of aryl methyl sites for hydroxylation is 1. The standard InChI is InChI=1S/C12H13N3O4S/c1-7-13-9(6-18-7)10-11(20-15-14-10)12(16)19-5-8-3-2-4-17-8/h6,8H,2-5H2,1H3. The summed E-state index contributed by atoms with van der Waals surface area (Å²) in [6.45, 7) is 2.71. The van der Waals surface area contributed by atoms with Gasteiger partial charge in [-0.2, -0.15) is 0 Å².